The Morgan fingerprint density at radius 2 is 1.80 bits per heavy atom. The minimum absolute atomic E-state index is 0.321. The van der Waals surface area contributed by atoms with Crippen molar-refractivity contribution in [1.29, 1.82) is 5.26 Å². The van der Waals surface area contributed by atoms with Gasteiger partial charge in [-0.1, -0.05) is 54.1 Å². The van der Waals surface area contributed by atoms with Gasteiger partial charge in [0.1, 0.15) is 6.04 Å². The summed E-state index contributed by atoms with van der Waals surface area (Å²) in [6.45, 7) is 1.69. The molecule has 0 spiro atoms. The Hall–Kier alpha value is -2.20. The Kier molecular flexibility index (Phi) is 4.65. The van der Waals surface area contributed by atoms with Gasteiger partial charge in [0.05, 0.1) is 25.0 Å². The number of benzene rings is 2. The van der Waals surface area contributed by atoms with Crippen molar-refractivity contribution in [2.45, 2.75) is 24.9 Å². The Bertz CT molecular complexity index is 916. The third-order valence-corrected chi connectivity index (χ3v) is 6.00. The van der Waals surface area contributed by atoms with Crippen LogP contribution in [0.1, 0.15) is 17.0 Å². The maximum absolute atomic E-state index is 12.0. The molecule has 25 heavy (non-hydrogen) atoms. The molecule has 0 aliphatic carbocycles. The third kappa shape index (κ3) is 3.07. The second-order valence-electron chi connectivity index (χ2n) is 6.40. The number of rotatable bonds is 4. The fraction of sp³-hybridized carbons (Fsp3) is 0.316. The molecule has 2 aromatic rings. The van der Waals surface area contributed by atoms with Crippen molar-refractivity contribution >= 4 is 10.0 Å². The molecule has 1 N–H and O–H groups in total. The van der Waals surface area contributed by atoms with E-state index in [0.29, 0.717) is 0 Å². The molecule has 2 aromatic carbocycles. The SMILES string of the molecule is Cc1ccc(-c2ccccc2[C@H]2[C@@H](C#N)N(S(C)(=O)=O)[C@@H]2CO)cc1. The van der Waals surface area contributed by atoms with Crippen LogP contribution in [0.5, 0.6) is 0 Å². The van der Waals surface area contributed by atoms with Crippen LogP contribution < -0.4 is 0 Å². The molecular weight excluding hydrogens is 336 g/mol. The lowest BCUT2D eigenvalue weighted by atomic mass is 9.75. The van der Waals surface area contributed by atoms with Gasteiger partial charge in [0.25, 0.3) is 0 Å². The van der Waals surface area contributed by atoms with Gasteiger partial charge in [-0.15, -0.1) is 0 Å². The molecule has 5 nitrogen and oxygen atoms in total. The van der Waals surface area contributed by atoms with Crippen molar-refractivity contribution in [1.82, 2.24) is 4.31 Å². The van der Waals surface area contributed by atoms with Crippen LogP contribution in [0.25, 0.3) is 11.1 Å². The number of aliphatic hydroxyl groups excluding tert-OH is 1. The van der Waals surface area contributed by atoms with Crippen molar-refractivity contribution in [2.24, 2.45) is 0 Å². The summed E-state index contributed by atoms with van der Waals surface area (Å²) in [5.74, 6) is -0.359. The molecule has 0 radical (unpaired) electrons. The predicted molar refractivity (Wildman–Crippen MR) is 96.3 cm³/mol. The number of hydrogen-bond donors (Lipinski definition) is 1. The van der Waals surface area contributed by atoms with Gasteiger partial charge in [0.15, 0.2) is 0 Å². The Balaban J connectivity index is 2.08. The highest BCUT2D eigenvalue weighted by Gasteiger charge is 2.54. The van der Waals surface area contributed by atoms with Gasteiger partial charge in [0, 0.05) is 5.92 Å². The number of aryl methyl sites for hydroxylation is 1. The highest BCUT2D eigenvalue weighted by molar-refractivity contribution is 7.88. The smallest absolute Gasteiger partial charge is 0.212 e. The molecule has 1 aliphatic heterocycles. The molecule has 130 valence electrons. The molecule has 0 amide bonds. The zero-order valence-corrected chi connectivity index (χ0v) is 14.9. The molecule has 3 atom stereocenters. The number of nitriles is 1. The molecular formula is C19H20N2O3S. The fourth-order valence-electron chi connectivity index (χ4n) is 3.58. The highest BCUT2D eigenvalue weighted by Crippen LogP contribution is 2.45. The first-order valence-corrected chi connectivity index (χ1v) is 9.88. The van der Waals surface area contributed by atoms with E-state index >= 15 is 0 Å². The number of nitrogens with zero attached hydrogens (tertiary/aromatic N) is 2. The van der Waals surface area contributed by atoms with E-state index in [1.165, 1.54) is 0 Å². The predicted octanol–water partition coefficient (Wildman–Crippen LogP) is 2.27. The average Bonchev–Trinajstić information content (AvgIpc) is 2.55. The van der Waals surface area contributed by atoms with Gasteiger partial charge < -0.3 is 5.11 Å². The molecule has 1 heterocycles. The lowest BCUT2D eigenvalue weighted by Gasteiger charge is -2.50. The largest absolute Gasteiger partial charge is 0.395 e. The maximum Gasteiger partial charge on any atom is 0.212 e. The lowest BCUT2D eigenvalue weighted by Crippen LogP contribution is -2.64. The van der Waals surface area contributed by atoms with Crippen LogP contribution in [0, 0.1) is 18.3 Å². The van der Waals surface area contributed by atoms with Crippen LogP contribution in [0.4, 0.5) is 0 Å². The number of hydrogen-bond acceptors (Lipinski definition) is 4. The van der Waals surface area contributed by atoms with Crippen molar-refractivity contribution in [2.75, 3.05) is 12.9 Å². The van der Waals surface area contributed by atoms with Gasteiger partial charge in [0.2, 0.25) is 10.0 Å². The topological polar surface area (TPSA) is 81.4 Å². The summed E-state index contributed by atoms with van der Waals surface area (Å²) < 4.78 is 25.1. The highest BCUT2D eigenvalue weighted by atomic mass is 32.2. The second-order valence-corrected chi connectivity index (χ2v) is 8.28. The van der Waals surface area contributed by atoms with Crippen molar-refractivity contribution in [3.63, 3.8) is 0 Å². The van der Waals surface area contributed by atoms with E-state index < -0.39 is 22.1 Å². The van der Waals surface area contributed by atoms with Gasteiger partial charge in [-0.05, 0) is 23.6 Å². The number of sulfonamides is 1. The molecule has 0 aromatic heterocycles. The number of aliphatic hydroxyl groups is 1. The second kappa shape index (κ2) is 6.60. The quantitative estimate of drug-likeness (QED) is 0.911. The first kappa shape index (κ1) is 17.6. The summed E-state index contributed by atoms with van der Waals surface area (Å²) >= 11 is 0. The third-order valence-electron chi connectivity index (χ3n) is 4.74. The van der Waals surface area contributed by atoms with Crippen molar-refractivity contribution < 1.29 is 13.5 Å². The Morgan fingerprint density at radius 1 is 1.16 bits per heavy atom. The normalized spacial score (nSPS) is 23.7. The minimum Gasteiger partial charge on any atom is -0.395 e. The summed E-state index contributed by atoms with van der Waals surface area (Å²) in [5.41, 5.74) is 4.00. The first-order valence-electron chi connectivity index (χ1n) is 8.03. The van der Waals surface area contributed by atoms with Gasteiger partial charge in [-0.3, -0.25) is 0 Å². The summed E-state index contributed by atoms with van der Waals surface area (Å²) in [6, 6.07) is 16.4. The maximum atomic E-state index is 12.0. The molecule has 0 bridgehead atoms. The van der Waals surface area contributed by atoms with E-state index in [2.05, 4.69) is 6.07 Å². The standard InChI is InChI=1S/C19H20N2O3S/c1-13-7-9-14(10-8-13)15-5-3-4-6-16(15)19-17(11-20)21(18(19)12-22)25(2,23)24/h3-10,17-19,22H,12H2,1-2H3/t17-,18-,19+/m1/s1. The van der Waals surface area contributed by atoms with E-state index in [9.17, 15) is 18.8 Å². The summed E-state index contributed by atoms with van der Waals surface area (Å²) in [7, 11) is -3.56. The van der Waals surface area contributed by atoms with Crippen LogP contribution in [0.15, 0.2) is 48.5 Å². The summed E-state index contributed by atoms with van der Waals surface area (Å²) in [4.78, 5) is 0. The van der Waals surface area contributed by atoms with E-state index in [1.807, 2.05) is 55.5 Å². The molecule has 0 unspecified atom stereocenters. The molecule has 1 fully saturated rings. The van der Waals surface area contributed by atoms with E-state index in [1.54, 1.807) is 0 Å². The van der Waals surface area contributed by atoms with Gasteiger partial charge in [-0.2, -0.15) is 9.57 Å². The van der Waals surface area contributed by atoms with Gasteiger partial charge in [-0.25, -0.2) is 8.42 Å². The van der Waals surface area contributed by atoms with Crippen LogP contribution in [-0.4, -0.2) is 42.8 Å². The first-order chi connectivity index (χ1) is 11.9. The molecule has 1 aliphatic rings. The molecule has 1 saturated heterocycles. The minimum atomic E-state index is -3.56. The fourth-order valence-corrected chi connectivity index (χ4v) is 4.86. The van der Waals surface area contributed by atoms with Crippen LogP contribution >= 0.6 is 0 Å². The zero-order chi connectivity index (χ0) is 18.2. The lowest BCUT2D eigenvalue weighted by molar-refractivity contribution is 0.0566. The van der Waals surface area contributed by atoms with E-state index in [4.69, 9.17) is 0 Å². The average molecular weight is 356 g/mol. The summed E-state index contributed by atoms with van der Waals surface area (Å²) in [5, 5.41) is 19.3. The van der Waals surface area contributed by atoms with Crippen LogP contribution in [-0.2, 0) is 10.0 Å². The van der Waals surface area contributed by atoms with Crippen molar-refractivity contribution in [3.8, 4) is 17.2 Å². The molecule has 0 saturated carbocycles. The zero-order valence-electron chi connectivity index (χ0n) is 14.1. The van der Waals surface area contributed by atoms with Crippen LogP contribution in [0.2, 0.25) is 0 Å². The molecule has 6 heteroatoms. The monoisotopic (exact) mass is 356 g/mol. The van der Waals surface area contributed by atoms with E-state index in [0.717, 1.165) is 32.8 Å². The Labute approximate surface area is 148 Å². The van der Waals surface area contributed by atoms with E-state index in [-0.39, 0.29) is 12.5 Å². The summed E-state index contributed by atoms with van der Waals surface area (Å²) in [6.07, 6.45) is 1.07. The Morgan fingerprint density at radius 3 is 2.36 bits per heavy atom. The molecule has 3 rings (SSSR count). The van der Waals surface area contributed by atoms with Crippen LogP contribution in [0.3, 0.4) is 0 Å². The van der Waals surface area contributed by atoms with Crippen molar-refractivity contribution in [3.05, 3.63) is 59.7 Å². The van der Waals surface area contributed by atoms with Gasteiger partial charge >= 0.3 is 0 Å².